The summed E-state index contributed by atoms with van der Waals surface area (Å²) in [6, 6.07) is 8.41. The number of amides is 2. The van der Waals surface area contributed by atoms with E-state index in [2.05, 4.69) is 5.32 Å². The van der Waals surface area contributed by atoms with E-state index in [1.807, 2.05) is 0 Å². The van der Waals surface area contributed by atoms with Gasteiger partial charge >= 0.3 is 0 Å². The molecule has 7 heteroatoms. The van der Waals surface area contributed by atoms with Crippen molar-refractivity contribution in [3.05, 3.63) is 41.1 Å². The lowest BCUT2D eigenvalue weighted by Crippen LogP contribution is -2.22. The van der Waals surface area contributed by atoms with Crippen molar-refractivity contribution in [3.8, 4) is 6.07 Å². The second-order valence-electron chi connectivity index (χ2n) is 4.07. The smallest absolute Gasteiger partial charge is 0.267 e. The number of nitriles is 1. The van der Waals surface area contributed by atoms with Crippen LogP contribution in [0.2, 0.25) is 5.02 Å². The molecule has 0 saturated carbocycles. The Morgan fingerprint density at radius 3 is 2.76 bits per heavy atom. The predicted molar refractivity (Wildman–Crippen MR) is 80.2 cm³/mol. The molecule has 0 aliphatic heterocycles. The minimum Gasteiger partial charge on any atom is -0.330 e. The van der Waals surface area contributed by atoms with Gasteiger partial charge in [0.05, 0.1) is 10.7 Å². The van der Waals surface area contributed by atoms with Crippen LogP contribution >= 0.6 is 11.6 Å². The van der Waals surface area contributed by atoms with E-state index in [1.54, 1.807) is 30.3 Å². The first-order valence-corrected chi connectivity index (χ1v) is 6.59. The number of hydrogen-bond donors (Lipinski definition) is 2. The number of para-hydroxylation sites is 1. The zero-order chi connectivity index (χ0) is 15.7. The highest BCUT2D eigenvalue weighted by Crippen LogP contribution is 2.20. The van der Waals surface area contributed by atoms with Gasteiger partial charge in [0.2, 0.25) is 6.41 Å². The number of anilines is 1. The van der Waals surface area contributed by atoms with Crippen LogP contribution in [0.3, 0.4) is 0 Å². The summed E-state index contributed by atoms with van der Waals surface area (Å²) in [5.41, 5.74) is 5.55. The summed E-state index contributed by atoms with van der Waals surface area (Å²) < 4.78 is 0. The minimum atomic E-state index is -0.634. The third-order valence-electron chi connectivity index (χ3n) is 2.54. The van der Waals surface area contributed by atoms with Crippen LogP contribution < -0.4 is 11.1 Å². The highest BCUT2D eigenvalue weighted by atomic mass is 35.5. The Labute approximate surface area is 127 Å². The maximum Gasteiger partial charge on any atom is 0.267 e. The molecule has 0 unspecified atom stereocenters. The second kappa shape index (κ2) is 8.74. The van der Waals surface area contributed by atoms with Crippen LogP contribution in [0.25, 0.3) is 0 Å². The third kappa shape index (κ3) is 5.26. The van der Waals surface area contributed by atoms with Gasteiger partial charge in [-0.05, 0) is 25.1 Å². The van der Waals surface area contributed by atoms with Gasteiger partial charge in [-0.15, -0.1) is 0 Å². The van der Waals surface area contributed by atoms with Gasteiger partial charge in [-0.25, -0.2) is 0 Å². The summed E-state index contributed by atoms with van der Waals surface area (Å²) in [5.74, 6) is -0.634. The van der Waals surface area contributed by atoms with E-state index in [4.69, 9.17) is 22.6 Å². The second-order valence-corrected chi connectivity index (χ2v) is 4.48. The molecule has 21 heavy (non-hydrogen) atoms. The van der Waals surface area contributed by atoms with Crippen molar-refractivity contribution in [3.63, 3.8) is 0 Å². The molecule has 3 N–H and O–H groups in total. The quantitative estimate of drug-likeness (QED) is 0.453. The van der Waals surface area contributed by atoms with Gasteiger partial charge in [0.1, 0.15) is 11.6 Å². The predicted octanol–water partition coefficient (Wildman–Crippen LogP) is 1.49. The number of carbonyl (C=O) groups excluding carboxylic acids is 2. The number of carbonyl (C=O) groups is 2. The van der Waals surface area contributed by atoms with Crippen LogP contribution in [0.15, 0.2) is 36.0 Å². The maximum atomic E-state index is 12.0. The number of nitrogens with two attached hydrogens (primary N) is 1. The van der Waals surface area contributed by atoms with E-state index < -0.39 is 5.91 Å². The Morgan fingerprint density at radius 1 is 1.48 bits per heavy atom. The lowest BCUT2D eigenvalue weighted by molar-refractivity contribution is -0.116. The van der Waals surface area contributed by atoms with Crippen molar-refractivity contribution in [1.82, 2.24) is 4.90 Å². The molecule has 0 spiro atoms. The molecule has 2 amide bonds. The van der Waals surface area contributed by atoms with Crippen molar-refractivity contribution in [1.29, 1.82) is 5.26 Å². The average Bonchev–Trinajstić information content (AvgIpc) is 2.50. The topological polar surface area (TPSA) is 99.2 Å². The van der Waals surface area contributed by atoms with Crippen molar-refractivity contribution in [2.24, 2.45) is 5.73 Å². The van der Waals surface area contributed by atoms with Crippen molar-refractivity contribution >= 4 is 29.6 Å². The summed E-state index contributed by atoms with van der Waals surface area (Å²) in [6.07, 6.45) is 2.30. The number of halogens is 1. The minimum absolute atomic E-state index is 0.195. The molecule has 110 valence electrons. The number of nitrogens with zero attached hydrogens (tertiary/aromatic N) is 2. The maximum absolute atomic E-state index is 12.0. The Morgan fingerprint density at radius 2 is 2.19 bits per heavy atom. The van der Waals surface area contributed by atoms with Crippen LogP contribution in [0.5, 0.6) is 0 Å². The van der Waals surface area contributed by atoms with Gasteiger partial charge in [-0.3, -0.25) is 9.59 Å². The normalized spacial score (nSPS) is 10.6. The van der Waals surface area contributed by atoms with Crippen LogP contribution in [0.1, 0.15) is 6.42 Å². The fourth-order valence-corrected chi connectivity index (χ4v) is 1.66. The monoisotopic (exact) mass is 306 g/mol. The lowest BCUT2D eigenvalue weighted by atomic mass is 10.2. The summed E-state index contributed by atoms with van der Waals surface area (Å²) in [5, 5.41) is 11.9. The molecule has 0 aromatic heterocycles. The molecule has 0 aliphatic rings. The summed E-state index contributed by atoms with van der Waals surface area (Å²) in [6.45, 7) is 0.746. The highest BCUT2D eigenvalue weighted by molar-refractivity contribution is 6.33. The van der Waals surface area contributed by atoms with Crippen LogP contribution in [-0.2, 0) is 9.59 Å². The third-order valence-corrected chi connectivity index (χ3v) is 2.87. The Kier molecular flexibility index (Phi) is 6.95. The molecule has 0 bridgehead atoms. The molecule has 1 rings (SSSR count). The molecular formula is C14H15ClN4O2. The molecule has 0 aliphatic carbocycles. The zero-order valence-corrected chi connectivity index (χ0v) is 12.0. The SMILES string of the molecule is N#C/C(=C/N(C=O)CCCN)C(=O)Nc1ccccc1Cl. The number of rotatable bonds is 7. The van der Waals surface area contributed by atoms with Crippen LogP contribution in [0, 0.1) is 11.3 Å². The number of benzene rings is 1. The molecular weight excluding hydrogens is 292 g/mol. The van der Waals surface area contributed by atoms with Gasteiger partial charge in [-0.2, -0.15) is 5.26 Å². The summed E-state index contributed by atoms with van der Waals surface area (Å²) in [4.78, 5) is 24.1. The molecule has 1 aromatic carbocycles. The Balaban J connectivity index is 2.84. The zero-order valence-electron chi connectivity index (χ0n) is 11.3. The van der Waals surface area contributed by atoms with Gasteiger partial charge in [0.15, 0.2) is 0 Å². The van der Waals surface area contributed by atoms with E-state index in [0.717, 1.165) is 0 Å². The largest absolute Gasteiger partial charge is 0.330 e. The fraction of sp³-hybridized carbons (Fsp3) is 0.214. The van der Waals surface area contributed by atoms with Crippen molar-refractivity contribution in [2.75, 3.05) is 18.4 Å². The first-order chi connectivity index (χ1) is 10.1. The lowest BCUT2D eigenvalue weighted by Gasteiger charge is -2.12. The van der Waals surface area contributed by atoms with Gasteiger partial charge in [0.25, 0.3) is 5.91 Å². The highest BCUT2D eigenvalue weighted by Gasteiger charge is 2.12. The first kappa shape index (κ1) is 16.7. The molecule has 0 fully saturated rings. The van der Waals surface area contributed by atoms with Gasteiger partial charge in [0, 0.05) is 12.7 Å². The van der Waals surface area contributed by atoms with Crippen LogP contribution in [0.4, 0.5) is 5.69 Å². The summed E-state index contributed by atoms with van der Waals surface area (Å²) >= 11 is 5.92. The molecule has 0 radical (unpaired) electrons. The van der Waals surface area contributed by atoms with E-state index in [1.165, 1.54) is 11.1 Å². The molecule has 0 atom stereocenters. The van der Waals surface area contributed by atoms with E-state index in [9.17, 15) is 9.59 Å². The van der Waals surface area contributed by atoms with Crippen LogP contribution in [-0.4, -0.2) is 30.3 Å². The first-order valence-electron chi connectivity index (χ1n) is 6.21. The standard InChI is InChI=1S/C14H15ClN4O2/c15-12-4-1-2-5-13(12)18-14(21)11(8-17)9-19(10-20)7-3-6-16/h1-2,4-5,9-10H,3,6-7,16H2,(H,18,21)/b11-9-. The van der Waals surface area contributed by atoms with Crippen molar-refractivity contribution < 1.29 is 9.59 Å². The molecule has 0 heterocycles. The molecule has 6 nitrogen and oxygen atoms in total. The fourth-order valence-electron chi connectivity index (χ4n) is 1.48. The average molecular weight is 307 g/mol. The van der Waals surface area contributed by atoms with Crippen molar-refractivity contribution in [2.45, 2.75) is 6.42 Å². The number of hydrogen-bond acceptors (Lipinski definition) is 4. The Hall–Kier alpha value is -2.36. The molecule has 1 aromatic rings. The van der Waals surface area contributed by atoms with Gasteiger partial charge < -0.3 is 16.0 Å². The van der Waals surface area contributed by atoms with E-state index >= 15 is 0 Å². The molecule has 0 saturated heterocycles. The Bertz CT molecular complexity index is 581. The number of nitrogens with one attached hydrogen (secondary N) is 1. The van der Waals surface area contributed by atoms with E-state index in [0.29, 0.717) is 36.6 Å². The summed E-state index contributed by atoms with van der Waals surface area (Å²) in [7, 11) is 0. The van der Waals surface area contributed by atoms with Gasteiger partial charge in [-0.1, -0.05) is 23.7 Å². The van der Waals surface area contributed by atoms with E-state index in [-0.39, 0.29) is 5.57 Å².